The van der Waals surface area contributed by atoms with Gasteiger partial charge in [0.15, 0.2) is 0 Å². The number of benzene rings is 9. The van der Waals surface area contributed by atoms with E-state index in [0.29, 0.717) is 0 Å². The van der Waals surface area contributed by atoms with Crippen LogP contribution in [0.15, 0.2) is 200 Å². The Morgan fingerprint density at radius 1 is 0.339 bits per heavy atom. The van der Waals surface area contributed by atoms with Gasteiger partial charge < -0.3 is 4.90 Å². The number of anilines is 3. The first-order valence-corrected chi connectivity index (χ1v) is 20.8. The Morgan fingerprint density at radius 3 is 1.39 bits per heavy atom. The number of fused-ring (bicyclic) bond motifs is 6. The Labute approximate surface area is 347 Å². The molecule has 9 aromatic rings. The minimum absolute atomic E-state index is 0.849. The van der Waals surface area contributed by atoms with Gasteiger partial charge in [-0.05, 0) is 115 Å². The van der Waals surface area contributed by atoms with E-state index < -0.39 is 0 Å². The van der Waals surface area contributed by atoms with Crippen molar-refractivity contribution in [1.82, 2.24) is 0 Å². The topological polar surface area (TPSA) is 3.24 Å². The van der Waals surface area contributed by atoms with Gasteiger partial charge in [0.05, 0.1) is 17.1 Å². The van der Waals surface area contributed by atoms with Gasteiger partial charge in [-0.2, -0.15) is 0 Å². The van der Waals surface area contributed by atoms with Gasteiger partial charge in [-0.15, -0.1) is 0 Å². The van der Waals surface area contributed by atoms with Gasteiger partial charge in [0.25, 0.3) is 0 Å². The molecule has 0 aromatic heterocycles. The lowest BCUT2D eigenvalue weighted by Gasteiger charge is -2.36. The maximum Gasteiger partial charge on any atom is 0.0588 e. The summed E-state index contributed by atoms with van der Waals surface area (Å²) < 4.78 is 0. The van der Waals surface area contributed by atoms with E-state index in [1.165, 1.54) is 117 Å². The van der Waals surface area contributed by atoms with Gasteiger partial charge >= 0.3 is 0 Å². The van der Waals surface area contributed by atoms with E-state index >= 15 is 0 Å². The fourth-order valence-electron chi connectivity index (χ4n) is 9.88. The van der Waals surface area contributed by atoms with Crippen LogP contribution in [-0.2, 0) is 12.8 Å². The lowest BCUT2D eigenvalue weighted by molar-refractivity contribution is 1.14. The average Bonchev–Trinajstić information content (AvgIpc) is 3.86. The third kappa shape index (κ3) is 5.76. The van der Waals surface area contributed by atoms with Crippen molar-refractivity contribution in [2.24, 2.45) is 0 Å². The Kier molecular flexibility index (Phi) is 8.48. The van der Waals surface area contributed by atoms with Crippen LogP contribution in [0.3, 0.4) is 0 Å². The molecule has 0 atom stereocenters. The maximum absolute atomic E-state index is 2.71. The standard InChI is InChI=1S/C58H43N/c1-38-34-51-46-29-14-12-26-43(46)35-53(51)57(39(38)2)59(55-33-19-18-32-49(55)48-31-17-16-28-45(48)40-20-6-3-7-21-40)58-54-36-44-27-13-15-30-47(44)52(54)37-50(41-22-8-4-9-23-41)56(58)42-24-10-5-11-25-42/h3-34,37H,35-36H2,1-2H3. The van der Waals surface area contributed by atoms with Gasteiger partial charge in [-0.25, -0.2) is 0 Å². The average molecular weight is 754 g/mol. The molecule has 0 bridgehead atoms. The SMILES string of the molecule is Cc1cc2c(c(N(c3ccccc3-c3ccccc3-c3ccccc3)c3c4c(cc(-c5ccccc5)c3-c3ccccc3)-c3ccccc3C4)c1C)Cc1ccccc1-2. The number of hydrogen-bond acceptors (Lipinski definition) is 1. The number of aryl methyl sites for hydroxylation is 1. The van der Waals surface area contributed by atoms with Gasteiger partial charge in [0.2, 0.25) is 0 Å². The molecule has 2 aliphatic rings. The van der Waals surface area contributed by atoms with E-state index in [4.69, 9.17) is 0 Å². The molecule has 2 aliphatic carbocycles. The van der Waals surface area contributed by atoms with Crippen molar-refractivity contribution in [2.45, 2.75) is 26.7 Å². The fourth-order valence-corrected chi connectivity index (χ4v) is 9.88. The van der Waals surface area contributed by atoms with Crippen LogP contribution in [-0.4, -0.2) is 0 Å². The highest BCUT2D eigenvalue weighted by molar-refractivity contribution is 6.07. The van der Waals surface area contributed by atoms with Crippen LogP contribution in [0, 0.1) is 13.8 Å². The van der Waals surface area contributed by atoms with Gasteiger partial charge in [-0.1, -0.05) is 188 Å². The second kappa shape index (κ2) is 14.3. The Hall–Kier alpha value is -7.22. The van der Waals surface area contributed by atoms with E-state index in [1.807, 2.05) is 0 Å². The second-order valence-electron chi connectivity index (χ2n) is 16.0. The van der Waals surface area contributed by atoms with Crippen molar-refractivity contribution >= 4 is 17.1 Å². The first-order chi connectivity index (χ1) is 29.1. The van der Waals surface area contributed by atoms with Gasteiger partial charge in [-0.3, -0.25) is 0 Å². The van der Waals surface area contributed by atoms with Crippen molar-refractivity contribution in [3.05, 3.63) is 234 Å². The van der Waals surface area contributed by atoms with Gasteiger partial charge in [0, 0.05) is 24.0 Å². The van der Waals surface area contributed by atoms with Crippen LogP contribution in [0.25, 0.3) is 66.8 Å². The largest absolute Gasteiger partial charge is 0.308 e. The van der Waals surface area contributed by atoms with E-state index in [-0.39, 0.29) is 0 Å². The van der Waals surface area contributed by atoms with Crippen LogP contribution in [0.1, 0.15) is 33.4 Å². The van der Waals surface area contributed by atoms with E-state index in [0.717, 1.165) is 12.8 Å². The molecule has 0 aliphatic heterocycles. The van der Waals surface area contributed by atoms with E-state index in [2.05, 4.69) is 219 Å². The third-order valence-electron chi connectivity index (χ3n) is 12.7. The molecule has 0 heterocycles. The van der Waals surface area contributed by atoms with E-state index in [1.54, 1.807) is 0 Å². The molecular formula is C58H43N. The summed E-state index contributed by atoms with van der Waals surface area (Å²) in [4.78, 5) is 2.71. The van der Waals surface area contributed by atoms with E-state index in [9.17, 15) is 0 Å². The molecule has 1 heteroatoms. The summed E-state index contributed by atoms with van der Waals surface area (Å²) in [6.07, 6.45) is 1.73. The fraction of sp³-hybridized carbons (Fsp3) is 0.0690. The van der Waals surface area contributed by atoms with Gasteiger partial charge in [0.1, 0.15) is 0 Å². The molecule has 1 nitrogen and oxygen atoms in total. The molecular weight excluding hydrogens is 711 g/mol. The summed E-state index contributed by atoms with van der Waals surface area (Å²) in [5.41, 5.74) is 26.8. The first kappa shape index (κ1) is 35.0. The van der Waals surface area contributed by atoms with Crippen LogP contribution in [0.5, 0.6) is 0 Å². The highest BCUT2D eigenvalue weighted by atomic mass is 15.2. The minimum atomic E-state index is 0.849. The Balaban J connectivity index is 1.32. The van der Waals surface area contributed by atoms with Crippen LogP contribution >= 0.6 is 0 Å². The molecule has 0 N–H and O–H groups in total. The predicted molar refractivity (Wildman–Crippen MR) is 249 cm³/mol. The van der Waals surface area contributed by atoms with Crippen molar-refractivity contribution < 1.29 is 0 Å². The normalized spacial score (nSPS) is 12.1. The summed E-state index contributed by atoms with van der Waals surface area (Å²) in [5.74, 6) is 0. The molecule has 0 unspecified atom stereocenters. The molecule has 0 amide bonds. The zero-order chi connectivity index (χ0) is 39.5. The quantitative estimate of drug-likeness (QED) is 0.157. The molecule has 0 saturated heterocycles. The number of para-hydroxylation sites is 1. The second-order valence-corrected chi connectivity index (χ2v) is 16.0. The number of nitrogens with zero attached hydrogens (tertiary/aromatic N) is 1. The smallest absolute Gasteiger partial charge is 0.0588 e. The molecule has 0 saturated carbocycles. The number of rotatable bonds is 7. The third-order valence-corrected chi connectivity index (χ3v) is 12.7. The van der Waals surface area contributed by atoms with Crippen LogP contribution in [0.2, 0.25) is 0 Å². The highest BCUT2D eigenvalue weighted by Crippen LogP contribution is 2.58. The molecule has 59 heavy (non-hydrogen) atoms. The highest BCUT2D eigenvalue weighted by Gasteiger charge is 2.35. The molecule has 0 fully saturated rings. The van der Waals surface area contributed by atoms with Crippen LogP contribution in [0.4, 0.5) is 17.1 Å². The molecule has 0 radical (unpaired) electrons. The maximum atomic E-state index is 2.71. The number of hydrogen-bond donors (Lipinski definition) is 0. The van der Waals surface area contributed by atoms with Crippen molar-refractivity contribution in [2.75, 3.05) is 4.90 Å². The lowest BCUT2D eigenvalue weighted by atomic mass is 9.85. The summed E-state index contributed by atoms with van der Waals surface area (Å²) in [6.45, 7) is 4.65. The predicted octanol–water partition coefficient (Wildman–Crippen LogP) is 15.6. The van der Waals surface area contributed by atoms with Crippen molar-refractivity contribution in [3.8, 4) is 66.8 Å². The molecule has 280 valence electrons. The van der Waals surface area contributed by atoms with Crippen molar-refractivity contribution in [1.29, 1.82) is 0 Å². The molecule has 11 rings (SSSR count). The lowest BCUT2D eigenvalue weighted by Crippen LogP contribution is -2.18. The zero-order valence-electron chi connectivity index (χ0n) is 33.4. The van der Waals surface area contributed by atoms with Crippen LogP contribution < -0.4 is 4.90 Å². The first-order valence-electron chi connectivity index (χ1n) is 20.8. The van der Waals surface area contributed by atoms with Crippen molar-refractivity contribution in [3.63, 3.8) is 0 Å². The molecule has 0 spiro atoms. The Morgan fingerprint density at radius 2 is 0.780 bits per heavy atom. The monoisotopic (exact) mass is 753 g/mol. The summed E-state index contributed by atoms with van der Waals surface area (Å²) in [7, 11) is 0. The molecule has 9 aromatic carbocycles. The zero-order valence-corrected chi connectivity index (χ0v) is 33.4. The summed E-state index contributed by atoms with van der Waals surface area (Å²) in [6, 6.07) is 74.1. The minimum Gasteiger partial charge on any atom is -0.308 e. The summed E-state index contributed by atoms with van der Waals surface area (Å²) in [5, 5.41) is 0. The Bertz CT molecular complexity index is 3050. The summed E-state index contributed by atoms with van der Waals surface area (Å²) >= 11 is 0.